The Morgan fingerprint density at radius 2 is 1.62 bits per heavy atom. The number of carbonyl (C=O) groups is 1. The van der Waals surface area contributed by atoms with Crippen molar-refractivity contribution in [3.05, 3.63) is 83.2 Å². The highest BCUT2D eigenvalue weighted by Crippen LogP contribution is 2.29. The van der Waals surface area contributed by atoms with Crippen LogP contribution in [0.5, 0.6) is 0 Å². The second kappa shape index (κ2) is 11.9. The van der Waals surface area contributed by atoms with Crippen molar-refractivity contribution >= 4 is 5.91 Å². The zero-order valence-electron chi connectivity index (χ0n) is 21.3. The van der Waals surface area contributed by atoms with Gasteiger partial charge in [-0.1, -0.05) is 44.2 Å². The van der Waals surface area contributed by atoms with E-state index < -0.39 is 11.7 Å². The van der Waals surface area contributed by atoms with Crippen molar-refractivity contribution in [2.75, 3.05) is 32.7 Å². The SMILES string of the molecule is CC(C)Cc1cc(CNC(=O)CN2CCN(Cc3ccc(C(F)(F)F)cc3)CC2)nn1-c1ccccc1. The number of rotatable bonds is 9. The maximum absolute atomic E-state index is 12.8. The molecule has 0 bridgehead atoms. The number of alkyl halides is 3. The van der Waals surface area contributed by atoms with Gasteiger partial charge in [0.1, 0.15) is 0 Å². The van der Waals surface area contributed by atoms with E-state index in [9.17, 15) is 18.0 Å². The van der Waals surface area contributed by atoms with E-state index in [0.29, 0.717) is 25.6 Å². The zero-order valence-corrected chi connectivity index (χ0v) is 21.3. The zero-order chi connectivity index (χ0) is 26.4. The molecule has 0 saturated carbocycles. The van der Waals surface area contributed by atoms with Gasteiger partial charge in [-0.2, -0.15) is 18.3 Å². The summed E-state index contributed by atoms with van der Waals surface area (Å²) >= 11 is 0. The van der Waals surface area contributed by atoms with Crippen LogP contribution in [0.25, 0.3) is 5.69 Å². The minimum atomic E-state index is -4.32. The summed E-state index contributed by atoms with van der Waals surface area (Å²) in [6.45, 7) is 8.61. The number of aromatic nitrogens is 2. The summed E-state index contributed by atoms with van der Waals surface area (Å²) in [4.78, 5) is 16.9. The first kappa shape index (κ1) is 26.9. The van der Waals surface area contributed by atoms with E-state index in [4.69, 9.17) is 5.10 Å². The Hall–Kier alpha value is -3.17. The fraction of sp³-hybridized carbons (Fsp3) is 0.429. The van der Waals surface area contributed by atoms with Crippen LogP contribution >= 0.6 is 0 Å². The Balaban J connectivity index is 1.24. The van der Waals surface area contributed by atoms with Gasteiger partial charge in [0.25, 0.3) is 0 Å². The van der Waals surface area contributed by atoms with Crippen LogP contribution < -0.4 is 5.32 Å². The number of piperazine rings is 1. The second-order valence-electron chi connectivity index (χ2n) is 10.00. The fourth-order valence-corrected chi connectivity index (χ4v) is 4.53. The quantitative estimate of drug-likeness (QED) is 0.457. The third-order valence-corrected chi connectivity index (χ3v) is 6.44. The summed E-state index contributed by atoms with van der Waals surface area (Å²) in [6, 6.07) is 17.4. The third-order valence-electron chi connectivity index (χ3n) is 6.44. The Morgan fingerprint density at radius 3 is 2.24 bits per heavy atom. The van der Waals surface area contributed by atoms with Gasteiger partial charge in [0.05, 0.1) is 30.0 Å². The highest BCUT2D eigenvalue weighted by atomic mass is 19.4. The van der Waals surface area contributed by atoms with Gasteiger partial charge >= 0.3 is 6.18 Å². The van der Waals surface area contributed by atoms with Gasteiger partial charge in [0.15, 0.2) is 0 Å². The van der Waals surface area contributed by atoms with Gasteiger partial charge in [-0.15, -0.1) is 0 Å². The van der Waals surface area contributed by atoms with Crippen molar-refractivity contribution in [1.29, 1.82) is 0 Å². The average molecular weight is 514 g/mol. The molecule has 0 atom stereocenters. The molecule has 4 rings (SSSR count). The largest absolute Gasteiger partial charge is 0.416 e. The molecule has 1 aliphatic heterocycles. The molecule has 37 heavy (non-hydrogen) atoms. The first-order valence-electron chi connectivity index (χ1n) is 12.7. The van der Waals surface area contributed by atoms with E-state index in [1.807, 2.05) is 35.0 Å². The van der Waals surface area contributed by atoms with E-state index >= 15 is 0 Å². The smallest absolute Gasteiger partial charge is 0.349 e. The lowest BCUT2D eigenvalue weighted by Crippen LogP contribution is -2.49. The molecular weight excluding hydrogens is 479 g/mol. The number of halogens is 3. The summed E-state index contributed by atoms with van der Waals surface area (Å²) in [6.07, 6.45) is -3.42. The highest BCUT2D eigenvalue weighted by molar-refractivity contribution is 5.78. The molecule has 2 heterocycles. The molecule has 9 heteroatoms. The van der Waals surface area contributed by atoms with Gasteiger partial charge < -0.3 is 5.32 Å². The van der Waals surface area contributed by atoms with Gasteiger partial charge in [0.2, 0.25) is 5.91 Å². The molecule has 1 saturated heterocycles. The molecule has 1 amide bonds. The average Bonchev–Trinajstić information content (AvgIpc) is 3.26. The molecule has 6 nitrogen and oxygen atoms in total. The van der Waals surface area contributed by atoms with E-state index in [0.717, 1.165) is 67.4 Å². The van der Waals surface area contributed by atoms with Crippen LogP contribution in [0.4, 0.5) is 13.2 Å². The van der Waals surface area contributed by atoms with Crippen molar-refractivity contribution in [3.8, 4) is 5.69 Å². The highest BCUT2D eigenvalue weighted by Gasteiger charge is 2.30. The standard InChI is InChI=1S/C28H34F3N5O/c1-21(2)16-26-17-24(33-36(26)25-6-4-3-5-7-25)18-32-27(37)20-35-14-12-34(13-15-35)19-22-8-10-23(11-9-22)28(29,30)31/h3-11,17,21H,12-16,18-20H2,1-2H3,(H,32,37). The summed E-state index contributed by atoms with van der Waals surface area (Å²) in [5.41, 5.74) is 3.18. The molecule has 0 aliphatic carbocycles. The molecule has 1 aromatic heterocycles. The number of hydrogen-bond donors (Lipinski definition) is 1. The summed E-state index contributed by atoms with van der Waals surface area (Å²) in [5, 5.41) is 7.74. The molecule has 0 unspecified atom stereocenters. The molecular formula is C28H34F3N5O. The van der Waals surface area contributed by atoms with Crippen molar-refractivity contribution in [2.45, 2.75) is 39.5 Å². The first-order chi connectivity index (χ1) is 17.7. The number of carbonyl (C=O) groups excluding carboxylic acids is 1. The van der Waals surface area contributed by atoms with Crippen molar-refractivity contribution in [3.63, 3.8) is 0 Å². The minimum absolute atomic E-state index is 0.0455. The summed E-state index contributed by atoms with van der Waals surface area (Å²) in [7, 11) is 0. The van der Waals surface area contributed by atoms with E-state index in [1.54, 1.807) is 0 Å². The molecule has 1 N–H and O–H groups in total. The molecule has 3 aromatic rings. The molecule has 0 radical (unpaired) electrons. The Morgan fingerprint density at radius 1 is 0.973 bits per heavy atom. The lowest BCUT2D eigenvalue weighted by Gasteiger charge is -2.34. The number of nitrogens with zero attached hydrogens (tertiary/aromatic N) is 4. The number of amides is 1. The molecule has 198 valence electrons. The van der Waals surface area contributed by atoms with Crippen LogP contribution in [-0.4, -0.2) is 58.2 Å². The molecule has 2 aromatic carbocycles. The number of benzene rings is 2. The van der Waals surface area contributed by atoms with Crippen LogP contribution in [-0.2, 0) is 30.5 Å². The normalized spacial score (nSPS) is 15.3. The van der Waals surface area contributed by atoms with Crippen LogP contribution in [0.1, 0.15) is 36.4 Å². The molecule has 0 spiro atoms. The van der Waals surface area contributed by atoms with Gasteiger partial charge in [-0.05, 0) is 48.2 Å². The van der Waals surface area contributed by atoms with Crippen molar-refractivity contribution in [1.82, 2.24) is 24.9 Å². The number of nitrogens with one attached hydrogen (secondary N) is 1. The molecule has 1 aliphatic rings. The van der Waals surface area contributed by atoms with Crippen LogP contribution in [0.2, 0.25) is 0 Å². The lowest BCUT2D eigenvalue weighted by molar-refractivity contribution is -0.137. The number of para-hydroxylation sites is 1. The lowest BCUT2D eigenvalue weighted by atomic mass is 10.1. The predicted molar refractivity (Wildman–Crippen MR) is 137 cm³/mol. The van der Waals surface area contributed by atoms with E-state index in [-0.39, 0.29) is 5.91 Å². The van der Waals surface area contributed by atoms with E-state index in [2.05, 4.69) is 35.0 Å². The van der Waals surface area contributed by atoms with Crippen LogP contribution in [0, 0.1) is 5.92 Å². The maximum Gasteiger partial charge on any atom is 0.416 e. The topological polar surface area (TPSA) is 53.4 Å². The van der Waals surface area contributed by atoms with Gasteiger partial charge in [-0.25, -0.2) is 4.68 Å². The van der Waals surface area contributed by atoms with E-state index in [1.165, 1.54) is 12.1 Å². The first-order valence-corrected chi connectivity index (χ1v) is 12.7. The van der Waals surface area contributed by atoms with Crippen LogP contribution in [0.3, 0.4) is 0 Å². The van der Waals surface area contributed by atoms with Crippen molar-refractivity contribution in [2.24, 2.45) is 5.92 Å². The summed E-state index contributed by atoms with van der Waals surface area (Å²) in [5.74, 6) is 0.440. The fourth-order valence-electron chi connectivity index (χ4n) is 4.53. The predicted octanol–water partition coefficient (Wildman–Crippen LogP) is 4.52. The van der Waals surface area contributed by atoms with Crippen LogP contribution in [0.15, 0.2) is 60.7 Å². The third kappa shape index (κ3) is 7.66. The molecule has 1 fully saturated rings. The van der Waals surface area contributed by atoms with Crippen molar-refractivity contribution < 1.29 is 18.0 Å². The Bertz CT molecular complexity index is 1150. The summed E-state index contributed by atoms with van der Waals surface area (Å²) < 4.78 is 40.2. The Kier molecular flexibility index (Phi) is 8.66. The second-order valence-corrected chi connectivity index (χ2v) is 10.00. The monoisotopic (exact) mass is 513 g/mol. The minimum Gasteiger partial charge on any atom is -0.349 e. The number of hydrogen-bond acceptors (Lipinski definition) is 4. The van der Waals surface area contributed by atoms with Gasteiger partial charge in [-0.3, -0.25) is 14.6 Å². The maximum atomic E-state index is 12.8. The van der Waals surface area contributed by atoms with Gasteiger partial charge in [0, 0.05) is 38.4 Å². The Labute approximate surface area is 216 Å².